The highest BCUT2D eigenvalue weighted by atomic mass is 35.5. The number of esters is 1. The number of hydrazone groups is 1. The maximum absolute atomic E-state index is 12.2. The van der Waals surface area contributed by atoms with Crippen molar-refractivity contribution in [2.75, 3.05) is 6.54 Å². The zero-order chi connectivity index (χ0) is 26.0. The van der Waals surface area contributed by atoms with Gasteiger partial charge in [0.05, 0.1) is 18.3 Å². The van der Waals surface area contributed by atoms with Crippen molar-refractivity contribution in [3.8, 4) is 5.75 Å². The van der Waals surface area contributed by atoms with Gasteiger partial charge in [-0.3, -0.25) is 9.59 Å². The molecule has 0 spiro atoms. The van der Waals surface area contributed by atoms with E-state index in [2.05, 4.69) is 22.8 Å². The van der Waals surface area contributed by atoms with Crippen molar-refractivity contribution >= 4 is 35.6 Å². The van der Waals surface area contributed by atoms with Crippen LogP contribution in [0.2, 0.25) is 5.02 Å². The first-order valence-corrected chi connectivity index (χ1v) is 13.0. The topological polar surface area (TPSA) is 96.9 Å². The molecule has 0 saturated carbocycles. The molecule has 8 heteroatoms. The molecule has 36 heavy (non-hydrogen) atoms. The highest BCUT2D eigenvalue weighted by Crippen LogP contribution is 2.16. The minimum Gasteiger partial charge on any atom is -0.423 e. The Morgan fingerprint density at radius 2 is 1.56 bits per heavy atom. The summed E-state index contributed by atoms with van der Waals surface area (Å²) in [5.74, 6) is -0.717. The lowest BCUT2D eigenvalue weighted by Crippen LogP contribution is -2.34. The number of carbonyl (C=O) groups excluding carboxylic acids is 3. The molecular weight excluding hydrogens is 478 g/mol. The lowest BCUT2D eigenvalue weighted by atomic mass is 10.1. The highest BCUT2D eigenvalue weighted by Gasteiger charge is 2.09. The predicted octanol–water partition coefficient (Wildman–Crippen LogP) is 6.05. The fourth-order valence-corrected chi connectivity index (χ4v) is 3.62. The van der Waals surface area contributed by atoms with Gasteiger partial charge in [-0.1, -0.05) is 82.0 Å². The summed E-state index contributed by atoms with van der Waals surface area (Å²) >= 11 is 5.84. The van der Waals surface area contributed by atoms with Crippen molar-refractivity contribution in [1.82, 2.24) is 10.7 Å². The van der Waals surface area contributed by atoms with E-state index in [1.54, 1.807) is 48.5 Å². The third-order valence-corrected chi connectivity index (χ3v) is 5.76. The van der Waals surface area contributed by atoms with Crippen molar-refractivity contribution in [2.24, 2.45) is 5.10 Å². The third kappa shape index (κ3) is 12.5. The highest BCUT2D eigenvalue weighted by molar-refractivity contribution is 6.30. The van der Waals surface area contributed by atoms with Gasteiger partial charge in [0, 0.05) is 11.4 Å². The van der Waals surface area contributed by atoms with Gasteiger partial charge in [-0.15, -0.1) is 0 Å². The van der Waals surface area contributed by atoms with Gasteiger partial charge in [0.1, 0.15) is 5.75 Å². The number of hydrogen-bond donors (Lipinski definition) is 2. The van der Waals surface area contributed by atoms with Crippen LogP contribution in [0.1, 0.15) is 87.1 Å². The van der Waals surface area contributed by atoms with Crippen molar-refractivity contribution < 1.29 is 19.1 Å². The van der Waals surface area contributed by atoms with Crippen LogP contribution in [0.5, 0.6) is 5.75 Å². The van der Waals surface area contributed by atoms with Gasteiger partial charge in [-0.05, 0) is 48.4 Å². The Balaban J connectivity index is 1.62. The number of unbranched alkanes of at least 4 members (excludes halogenated alkanes) is 8. The molecule has 0 radical (unpaired) electrons. The van der Waals surface area contributed by atoms with Crippen LogP contribution in [-0.2, 0) is 9.59 Å². The molecule has 7 nitrogen and oxygen atoms in total. The second-order valence-corrected chi connectivity index (χ2v) is 9.05. The average molecular weight is 514 g/mol. The van der Waals surface area contributed by atoms with E-state index in [1.165, 1.54) is 44.7 Å². The largest absolute Gasteiger partial charge is 0.423 e. The molecule has 2 aromatic rings. The van der Waals surface area contributed by atoms with Gasteiger partial charge >= 0.3 is 5.97 Å². The summed E-state index contributed by atoms with van der Waals surface area (Å²) in [4.78, 5) is 36.1. The van der Waals surface area contributed by atoms with Crippen molar-refractivity contribution in [1.29, 1.82) is 0 Å². The normalized spacial score (nSPS) is 10.8. The summed E-state index contributed by atoms with van der Waals surface area (Å²) in [6.07, 6.45) is 12.6. The summed E-state index contributed by atoms with van der Waals surface area (Å²) in [5, 5.41) is 7.05. The first-order chi connectivity index (χ1) is 17.5. The van der Waals surface area contributed by atoms with E-state index in [0.717, 1.165) is 19.3 Å². The Labute approximate surface area is 218 Å². The van der Waals surface area contributed by atoms with Gasteiger partial charge in [0.15, 0.2) is 0 Å². The summed E-state index contributed by atoms with van der Waals surface area (Å²) in [6, 6.07) is 13.1. The number of benzene rings is 2. The van der Waals surface area contributed by atoms with Crippen LogP contribution in [0.3, 0.4) is 0 Å². The third-order valence-electron chi connectivity index (χ3n) is 5.50. The zero-order valence-corrected chi connectivity index (χ0v) is 21.7. The van der Waals surface area contributed by atoms with Crippen LogP contribution in [0.15, 0.2) is 53.6 Å². The quantitative estimate of drug-likeness (QED) is 0.0938. The number of nitrogens with one attached hydrogen (secondary N) is 2. The Hall–Kier alpha value is -3.19. The zero-order valence-electron chi connectivity index (χ0n) is 20.9. The number of carbonyl (C=O) groups is 3. The van der Waals surface area contributed by atoms with Gasteiger partial charge < -0.3 is 10.1 Å². The van der Waals surface area contributed by atoms with Crippen LogP contribution >= 0.6 is 11.6 Å². The first kappa shape index (κ1) is 29.0. The van der Waals surface area contributed by atoms with E-state index in [4.69, 9.17) is 16.3 Å². The van der Waals surface area contributed by atoms with Gasteiger partial charge in [-0.25, -0.2) is 10.2 Å². The molecule has 0 aromatic heterocycles. The Morgan fingerprint density at radius 1 is 0.889 bits per heavy atom. The molecule has 2 rings (SSSR count). The second kappa shape index (κ2) is 17.3. The van der Waals surface area contributed by atoms with E-state index in [1.807, 2.05) is 0 Å². The molecule has 0 saturated heterocycles. The van der Waals surface area contributed by atoms with Gasteiger partial charge in [-0.2, -0.15) is 5.10 Å². The SMILES string of the molecule is CCCCCCCCCCCC(=O)NCC(=O)N/N=C\c1cccc(OC(=O)c2ccc(Cl)cc2)c1. The van der Waals surface area contributed by atoms with E-state index in [-0.39, 0.29) is 12.5 Å². The summed E-state index contributed by atoms with van der Waals surface area (Å²) in [5.41, 5.74) is 3.39. The van der Waals surface area contributed by atoms with Crippen LogP contribution in [0, 0.1) is 0 Å². The average Bonchev–Trinajstić information content (AvgIpc) is 2.87. The maximum Gasteiger partial charge on any atom is 0.343 e. The molecule has 0 aliphatic carbocycles. The first-order valence-electron chi connectivity index (χ1n) is 12.6. The van der Waals surface area contributed by atoms with Crippen LogP contribution in [-0.4, -0.2) is 30.5 Å². The summed E-state index contributed by atoms with van der Waals surface area (Å²) in [6.45, 7) is 2.08. The number of amides is 2. The van der Waals surface area contributed by atoms with E-state index < -0.39 is 11.9 Å². The lowest BCUT2D eigenvalue weighted by Gasteiger charge is -2.06. The molecule has 0 aliphatic rings. The predicted molar refractivity (Wildman–Crippen MR) is 143 cm³/mol. The molecular formula is C28H36ClN3O4. The molecule has 0 fully saturated rings. The molecule has 194 valence electrons. The number of nitrogens with zero attached hydrogens (tertiary/aromatic N) is 1. The Morgan fingerprint density at radius 3 is 2.25 bits per heavy atom. The number of halogens is 1. The molecule has 0 bridgehead atoms. The van der Waals surface area contributed by atoms with Crippen LogP contribution < -0.4 is 15.5 Å². The fraction of sp³-hybridized carbons (Fsp3) is 0.429. The fourth-order valence-electron chi connectivity index (χ4n) is 3.49. The van der Waals surface area contributed by atoms with Crippen molar-refractivity contribution in [2.45, 2.75) is 71.1 Å². The second-order valence-electron chi connectivity index (χ2n) is 8.62. The molecule has 2 N–H and O–H groups in total. The minimum atomic E-state index is -0.507. The molecule has 0 atom stereocenters. The molecule has 2 amide bonds. The van der Waals surface area contributed by atoms with Crippen LogP contribution in [0.25, 0.3) is 0 Å². The monoisotopic (exact) mass is 513 g/mol. The Bertz CT molecular complexity index is 993. The number of rotatable bonds is 16. The van der Waals surface area contributed by atoms with Crippen molar-refractivity contribution in [3.05, 3.63) is 64.7 Å². The molecule has 0 aliphatic heterocycles. The summed E-state index contributed by atoms with van der Waals surface area (Å²) in [7, 11) is 0. The van der Waals surface area contributed by atoms with E-state index >= 15 is 0 Å². The van der Waals surface area contributed by atoms with E-state index in [0.29, 0.717) is 28.3 Å². The standard InChI is InChI=1S/C28H36ClN3O4/c1-2-3-4-5-6-7-8-9-10-14-26(33)30-21-27(34)32-31-20-22-12-11-13-25(19-22)36-28(35)23-15-17-24(29)18-16-23/h11-13,15-20H,2-10,14,21H2,1H3,(H,30,33)(H,32,34)/b31-20-. The van der Waals surface area contributed by atoms with Gasteiger partial charge in [0.2, 0.25) is 5.91 Å². The number of ether oxygens (including phenoxy) is 1. The maximum atomic E-state index is 12.2. The van der Waals surface area contributed by atoms with Crippen LogP contribution in [0.4, 0.5) is 0 Å². The minimum absolute atomic E-state index is 0.132. The molecule has 0 unspecified atom stereocenters. The van der Waals surface area contributed by atoms with Gasteiger partial charge in [0.25, 0.3) is 5.91 Å². The van der Waals surface area contributed by atoms with Crippen molar-refractivity contribution in [3.63, 3.8) is 0 Å². The molecule has 0 heterocycles. The smallest absolute Gasteiger partial charge is 0.343 e. The van der Waals surface area contributed by atoms with E-state index in [9.17, 15) is 14.4 Å². The molecule has 2 aromatic carbocycles. The summed E-state index contributed by atoms with van der Waals surface area (Å²) < 4.78 is 5.37. The number of hydrogen-bond acceptors (Lipinski definition) is 5. The lowest BCUT2D eigenvalue weighted by molar-refractivity contribution is -0.126. The Kier molecular flexibility index (Phi) is 13.9.